The van der Waals surface area contributed by atoms with Gasteiger partial charge in [-0.25, -0.2) is 19.9 Å². The average Bonchev–Trinajstić information content (AvgIpc) is 3.04. The minimum absolute atomic E-state index is 0.705. The van der Waals surface area contributed by atoms with Gasteiger partial charge in [0, 0.05) is 68.5 Å². The monoisotopic (exact) mass is 356 g/mol. The zero-order valence-electron chi connectivity index (χ0n) is 15.2. The molecule has 0 atom stereocenters. The van der Waals surface area contributed by atoms with E-state index in [0.29, 0.717) is 5.82 Å². The summed E-state index contributed by atoms with van der Waals surface area (Å²) in [7, 11) is 2.15. The van der Waals surface area contributed by atoms with E-state index in [2.05, 4.69) is 61.8 Å². The average molecular weight is 356 g/mol. The van der Waals surface area contributed by atoms with Crippen LogP contribution in [0.5, 0.6) is 0 Å². The number of aromatic nitrogens is 5. The molecular weight excluding hydrogens is 336 g/mol. The fraction of sp³-hybridized carbons (Fsp3) is 0.238. The molecule has 4 aromatic rings. The second kappa shape index (κ2) is 6.55. The second-order valence-electron chi connectivity index (χ2n) is 7.01. The molecule has 6 nitrogen and oxygen atoms in total. The number of nitrogens with zero attached hydrogens (tertiary/aromatic N) is 6. The summed E-state index contributed by atoms with van der Waals surface area (Å²) in [5.41, 5.74) is 5.82. The summed E-state index contributed by atoms with van der Waals surface area (Å²) in [6.45, 7) is 2.80. The third kappa shape index (κ3) is 2.98. The molecule has 0 fully saturated rings. The molecule has 0 saturated heterocycles. The van der Waals surface area contributed by atoms with Gasteiger partial charge in [-0.15, -0.1) is 0 Å². The van der Waals surface area contributed by atoms with Crippen LogP contribution in [-0.4, -0.2) is 35.9 Å². The van der Waals surface area contributed by atoms with Gasteiger partial charge >= 0.3 is 0 Å². The maximum absolute atomic E-state index is 4.75. The highest BCUT2D eigenvalue weighted by molar-refractivity contribution is 5.81. The molecule has 0 unspecified atom stereocenters. The predicted octanol–water partition coefficient (Wildman–Crippen LogP) is 2.98. The van der Waals surface area contributed by atoms with Crippen molar-refractivity contribution in [3.8, 4) is 11.4 Å². The Balaban J connectivity index is 1.37. The molecule has 0 N–H and O–H groups in total. The number of hydrogen-bond acceptors (Lipinski definition) is 5. The van der Waals surface area contributed by atoms with Crippen molar-refractivity contribution >= 4 is 10.9 Å². The van der Waals surface area contributed by atoms with Crippen molar-refractivity contribution in [1.82, 2.24) is 29.4 Å². The van der Waals surface area contributed by atoms with Crippen molar-refractivity contribution in [3.05, 3.63) is 72.2 Å². The van der Waals surface area contributed by atoms with Gasteiger partial charge < -0.3 is 4.57 Å². The molecular formula is C21H20N6. The van der Waals surface area contributed by atoms with Crippen molar-refractivity contribution < 1.29 is 0 Å². The molecule has 134 valence electrons. The van der Waals surface area contributed by atoms with Gasteiger partial charge in [0.05, 0.1) is 11.3 Å². The van der Waals surface area contributed by atoms with E-state index >= 15 is 0 Å². The lowest BCUT2D eigenvalue weighted by Gasteiger charge is -2.28. The lowest BCUT2D eigenvalue weighted by Crippen LogP contribution is -2.31. The number of para-hydroxylation sites is 1. The number of aryl methyl sites for hydroxylation is 1. The molecule has 0 saturated carbocycles. The fourth-order valence-corrected chi connectivity index (χ4v) is 3.79. The summed E-state index contributed by atoms with van der Waals surface area (Å²) in [6.07, 6.45) is 7.92. The normalized spacial score (nSPS) is 14.4. The van der Waals surface area contributed by atoms with E-state index in [1.165, 1.54) is 28.5 Å². The Bertz CT molecular complexity index is 1100. The highest BCUT2D eigenvalue weighted by atomic mass is 15.2. The molecule has 1 aliphatic rings. The lowest BCUT2D eigenvalue weighted by molar-refractivity contribution is 0.238. The Kier molecular flexibility index (Phi) is 3.90. The zero-order chi connectivity index (χ0) is 18.2. The third-order valence-electron chi connectivity index (χ3n) is 5.27. The number of rotatable bonds is 3. The molecule has 6 heteroatoms. The molecule has 1 aliphatic heterocycles. The van der Waals surface area contributed by atoms with E-state index in [1.54, 1.807) is 12.4 Å². The van der Waals surface area contributed by atoms with Crippen LogP contribution < -0.4 is 0 Å². The van der Waals surface area contributed by atoms with Crippen LogP contribution >= 0.6 is 0 Å². The van der Waals surface area contributed by atoms with Gasteiger partial charge in [0.2, 0.25) is 0 Å². The SMILES string of the molecule is Cn1c(CN2CCc3nc(-c4cncnc4)ncc3C2)cc2ccccc21. The van der Waals surface area contributed by atoms with Crippen LogP contribution in [0, 0.1) is 0 Å². The third-order valence-corrected chi connectivity index (χ3v) is 5.27. The molecule has 4 heterocycles. The molecule has 5 rings (SSSR count). The first kappa shape index (κ1) is 16.1. The number of hydrogen-bond donors (Lipinski definition) is 0. The van der Waals surface area contributed by atoms with Crippen LogP contribution in [0.3, 0.4) is 0 Å². The predicted molar refractivity (Wildman–Crippen MR) is 104 cm³/mol. The van der Waals surface area contributed by atoms with Crippen LogP contribution in [0.25, 0.3) is 22.3 Å². The Morgan fingerprint density at radius 2 is 1.93 bits per heavy atom. The van der Waals surface area contributed by atoms with Crippen LogP contribution in [0.2, 0.25) is 0 Å². The Morgan fingerprint density at radius 1 is 1.07 bits per heavy atom. The van der Waals surface area contributed by atoms with Gasteiger partial charge in [0.1, 0.15) is 6.33 Å². The van der Waals surface area contributed by atoms with Crippen molar-refractivity contribution in [3.63, 3.8) is 0 Å². The Labute approximate surface area is 157 Å². The largest absolute Gasteiger partial charge is 0.346 e. The summed E-state index contributed by atoms with van der Waals surface area (Å²) < 4.78 is 2.29. The van der Waals surface area contributed by atoms with Gasteiger partial charge in [-0.05, 0) is 17.5 Å². The molecule has 0 bridgehead atoms. The van der Waals surface area contributed by atoms with E-state index < -0.39 is 0 Å². The minimum Gasteiger partial charge on any atom is -0.346 e. The van der Waals surface area contributed by atoms with Gasteiger partial charge in [-0.1, -0.05) is 18.2 Å². The van der Waals surface area contributed by atoms with Crippen molar-refractivity contribution in [2.24, 2.45) is 7.05 Å². The van der Waals surface area contributed by atoms with Crippen LogP contribution in [0.4, 0.5) is 0 Å². The van der Waals surface area contributed by atoms with Crippen molar-refractivity contribution in [1.29, 1.82) is 0 Å². The zero-order valence-corrected chi connectivity index (χ0v) is 15.2. The van der Waals surface area contributed by atoms with Crippen LogP contribution in [-0.2, 0) is 26.6 Å². The summed E-state index contributed by atoms with van der Waals surface area (Å²) >= 11 is 0. The summed E-state index contributed by atoms with van der Waals surface area (Å²) in [5.74, 6) is 0.705. The summed E-state index contributed by atoms with van der Waals surface area (Å²) in [6, 6.07) is 10.8. The van der Waals surface area contributed by atoms with Crippen molar-refractivity contribution in [2.45, 2.75) is 19.5 Å². The fourth-order valence-electron chi connectivity index (χ4n) is 3.79. The van der Waals surface area contributed by atoms with Gasteiger partial charge in [-0.3, -0.25) is 4.90 Å². The molecule has 0 amide bonds. The number of fused-ring (bicyclic) bond motifs is 2. The standard InChI is InChI=1S/C21H20N6/c1-26-18(8-15-4-2-3-5-20(15)26)13-27-7-6-19-17(12-27)11-24-21(25-19)16-9-22-14-23-10-16/h2-5,8-11,14H,6-7,12-13H2,1H3. The van der Waals surface area contributed by atoms with Crippen molar-refractivity contribution in [2.75, 3.05) is 6.54 Å². The molecule has 0 spiro atoms. The van der Waals surface area contributed by atoms with Crippen LogP contribution in [0.1, 0.15) is 17.0 Å². The summed E-state index contributed by atoms with van der Waals surface area (Å²) in [4.78, 5) is 19.9. The highest BCUT2D eigenvalue weighted by Crippen LogP contribution is 2.24. The van der Waals surface area contributed by atoms with Gasteiger partial charge in [0.25, 0.3) is 0 Å². The van der Waals surface area contributed by atoms with E-state index in [9.17, 15) is 0 Å². The first-order valence-corrected chi connectivity index (χ1v) is 9.14. The molecule has 1 aromatic carbocycles. The second-order valence-corrected chi connectivity index (χ2v) is 7.01. The first-order chi connectivity index (χ1) is 13.3. The van der Waals surface area contributed by atoms with E-state index in [0.717, 1.165) is 37.3 Å². The topological polar surface area (TPSA) is 59.7 Å². The highest BCUT2D eigenvalue weighted by Gasteiger charge is 2.20. The molecule has 3 aromatic heterocycles. The maximum Gasteiger partial charge on any atom is 0.162 e. The van der Waals surface area contributed by atoms with Crippen LogP contribution in [0.15, 0.2) is 55.2 Å². The molecule has 0 radical (unpaired) electrons. The van der Waals surface area contributed by atoms with E-state index in [1.807, 2.05) is 6.20 Å². The van der Waals surface area contributed by atoms with E-state index in [4.69, 9.17) is 4.98 Å². The lowest BCUT2D eigenvalue weighted by atomic mass is 10.1. The first-order valence-electron chi connectivity index (χ1n) is 9.14. The molecule has 27 heavy (non-hydrogen) atoms. The van der Waals surface area contributed by atoms with E-state index in [-0.39, 0.29) is 0 Å². The Morgan fingerprint density at radius 3 is 2.78 bits per heavy atom. The summed E-state index contributed by atoms with van der Waals surface area (Å²) in [5, 5.41) is 1.30. The van der Waals surface area contributed by atoms with Gasteiger partial charge in [0.15, 0.2) is 5.82 Å². The smallest absolute Gasteiger partial charge is 0.162 e. The number of benzene rings is 1. The van der Waals surface area contributed by atoms with Gasteiger partial charge in [-0.2, -0.15) is 0 Å². The molecule has 0 aliphatic carbocycles. The maximum atomic E-state index is 4.75. The minimum atomic E-state index is 0.705. The Hall–Kier alpha value is -3.12. The quantitative estimate of drug-likeness (QED) is 0.565.